The quantitative estimate of drug-likeness (QED) is 0.623. The van der Waals surface area contributed by atoms with Crippen molar-refractivity contribution < 1.29 is 9.59 Å². The van der Waals surface area contributed by atoms with Crippen molar-refractivity contribution >= 4 is 40.6 Å². The molecular weight excluding hydrogens is 422 g/mol. The summed E-state index contributed by atoms with van der Waals surface area (Å²) in [6.07, 6.45) is 7.30. The Bertz CT molecular complexity index is 992. The van der Waals surface area contributed by atoms with Crippen LogP contribution in [0.1, 0.15) is 47.8 Å². The molecule has 0 bridgehead atoms. The van der Waals surface area contributed by atoms with Gasteiger partial charge in [-0.1, -0.05) is 35.0 Å². The van der Waals surface area contributed by atoms with E-state index in [1.54, 1.807) is 54.2 Å². The maximum Gasteiger partial charge on any atom is 0.280 e. The van der Waals surface area contributed by atoms with Crippen LogP contribution in [0.5, 0.6) is 0 Å². The van der Waals surface area contributed by atoms with Crippen molar-refractivity contribution in [2.75, 3.05) is 4.90 Å². The number of pyridine rings is 1. The lowest BCUT2D eigenvalue weighted by atomic mass is 10.0. The number of rotatable bonds is 6. The van der Waals surface area contributed by atoms with Crippen LogP contribution in [0.4, 0.5) is 5.69 Å². The molecule has 2 aromatic heterocycles. The Hall–Kier alpha value is -2.84. The SMILES string of the molecule is O=C(NC1CCCC1)C(c1cccnc1)N(C(=O)c1csnn1)c1ccc(Cl)cc1. The Balaban J connectivity index is 1.78. The van der Waals surface area contributed by atoms with E-state index in [1.807, 2.05) is 0 Å². The second-order valence-electron chi connectivity index (χ2n) is 7.12. The van der Waals surface area contributed by atoms with Gasteiger partial charge in [-0.05, 0) is 54.7 Å². The molecule has 1 aromatic carbocycles. The monoisotopic (exact) mass is 441 g/mol. The van der Waals surface area contributed by atoms with E-state index in [0.717, 1.165) is 37.2 Å². The predicted molar refractivity (Wildman–Crippen MR) is 116 cm³/mol. The van der Waals surface area contributed by atoms with Gasteiger partial charge in [0.15, 0.2) is 5.69 Å². The highest BCUT2D eigenvalue weighted by Crippen LogP contribution is 2.31. The van der Waals surface area contributed by atoms with Gasteiger partial charge in [-0.25, -0.2) is 0 Å². The standard InChI is InChI=1S/C21H20ClN5O2S/c22-15-7-9-17(10-8-15)27(21(29)18-13-30-26-25-18)19(14-4-3-11-23-12-14)20(28)24-16-5-1-2-6-16/h3-4,7-13,16,19H,1-2,5-6H2,(H,24,28). The smallest absolute Gasteiger partial charge is 0.280 e. The lowest BCUT2D eigenvalue weighted by Gasteiger charge is -2.31. The Kier molecular flexibility index (Phi) is 6.35. The fourth-order valence-electron chi connectivity index (χ4n) is 3.67. The van der Waals surface area contributed by atoms with Crippen LogP contribution in [0.3, 0.4) is 0 Å². The molecule has 1 saturated carbocycles. The molecule has 1 aliphatic carbocycles. The number of carbonyl (C=O) groups is 2. The summed E-state index contributed by atoms with van der Waals surface area (Å²) >= 11 is 7.14. The Morgan fingerprint density at radius 2 is 1.93 bits per heavy atom. The summed E-state index contributed by atoms with van der Waals surface area (Å²) in [7, 11) is 0. The van der Waals surface area contributed by atoms with Gasteiger partial charge in [-0.3, -0.25) is 19.5 Å². The molecular formula is C21H20ClN5O2S. The number of aromatic nitrogens is 3. The number of anilines is 1. The molecule has 4 rings (SSSR count). The number of halogens is 1. The molecule has 2 amide bonds. The number of nitrogens with zero attached hydrogens (tertiary/aromatic N) is 4. The average Bonchev–Trinajstić information content (AvgIpc) is 3.47. The van der Waals surface area contributed by atoms with Gasteiger partial charge in [0, 0.05) is 40.1 Å². The Morgan fingerprint density at radius 1 is 1.17 bits per heavy atom. The third-order valence-corrected chi connectivity index (χ3v) is 5.87. The molecule has 0 saturated heterocycles. The highest BCUT2D eigenvalue weighted by Gasteiger charge is 2.35. The van der Waals surface area contributed by atoms with E-state index in [2.05, 4.69) is 19.9 Å². The van der Waals surface area contributed by atoms with Gasteiger partial charge in [0.25, 0.3) is 5.91 Å². The highest BCUT2D eigenvalue weighted by molar-refractivity contribution is 7.03. The summed E-state index contributed by atoms with van der Waals surface area (Å²) in [4.78, 5) is 32.5. The first kappa shape index (κ1) is 20.4. The van der Waals surface area contributed by atoms with Gasteiger partial charge in [0.1, 0.15) is 6.04 Å². The van der Waals surface area contributed by atoms with E-state index in [-0.39, 0.29) is 17.6 Å². The highest BCUT2D eigenvalue weighted by atomic mass is 35.5. The van der Waals surface area contributed by atoms with Crippen LogP contribution < -0.4 is 10.2 Å². The molecule has 0 aliphatic heterocycles. The maximum atomic E-state index is 13.5. The molecule has 1 atom stereocenters. The summed E-state index contributed by atoms with van der Waals surface area (Å²) in [6, 6.07) is 9.55. The van der Waals surface area contributed by atoms with Gasteiger partial charge in [-0.15, -0.1) is 5.10 Å². The normalized spacial score (nSPS) is 15.0. The topological polar surface area (TPSA) is 88.1 Å². The van der Waals surface area contributed by atoms with Crippen LogP contribution in [0.15, 0.2) is 54.2 Å². The predicted octanol–water partition coefficient (Wildman–Crippen LogP) is 4.03. The number of benzene rings is 1. The Morgan fingerprint density at radius 3 is 2.57 bits per heavy atom. The van der Waals surface area contributed by atoms with Gasteiger partial charge in [0.2, 0.25) is 5.91 Å². The molecule has 9 heteroatoms. The molecule has 0 spiro atoms. The lowest BCUT2D eigenvalue weighted by Crippen LogP contribution is -2.46. The maximum absolute atomic E-state index is 13.5. The van der Waals surface area contributed by atoms with Crippen LogP contribution in [0.2, 0.25) is 5.02 Å². The van der Waals surface area contributed by atoms with E-state index in [4.69, 9.17) is 11.6 Å². The second kappa shape index (κ2) is 9.32. The average molecular weight is 442 g/mol. The first-order valence-electron chi connectivity index (χ1n) is 9.70. The van der Waals surface area contributed by atoms with Crippen LogP contribution >= 0.6 is 23.1 Å². The van der Waals surface area contributed by atoms with Crippen molar-refractivity contribution in [2.24, 2.45) is 0 Å². The molecule has 154 valence electrons. The van der Waals surface area contributed by atoms with Crippen molar-refractivity contribution in [1.29, 1.82) is 0 Å². The van der Waals surface area contributed by atoms with Gasteiger partial charge in [0.05, 0.1) is 0 Å². The van der Waals surface area contributed by atoms with E-state index < -0.39 is 11.9 Å². The van der Waals surface area contributed by atoms with Crippen molar-refractivity contribution in [1.82, 2.24) is 19.9 Å². The zero-order valence-electron chi connectivity index (χ0n) is 16.1. The molecule has 30 heavy (non-hydrogen) atoms. The van der Waals surface area contributed by atoms with Crippen molar-refractivity contribution in [3.63, 3.8) is 0 Å². The van der Waals surface area contributed by atoms with Crippen LogP contribution in [-0.4, -0.2) is 32.4 Å². The fourth-order valence-corrected chi connectivity index (χ4v) is 4.23. The van der Waals surface area contributed by atoms with Crippen molar-refractivity contribution in [2.45, 2.75) is 37.8 Å². The summed E-state index contributed by atoms with van der Waals surface area (Å²) in [5.74, 6) is -0.664. The minimum absolute atomic E-state index is 0.111. The largest absolute Gasteiger partial charge is 0.351 e. The third-order valence-electron chi connectivity index (χ3n) is 5.11. The summed E-state index contributed by atoms with van der Waals surface area (Å²) in [6.45, 7) is 0. The van der Waals surface area contributed by atoms with Crippen molar-refractivity contribution in [3.8, 4) is 0 Å². The van der Waals surface area contributed by atoms with E-state index in [0.29, 0.717) is 16.3 Å². The third kappa shape index (κ3) is 4.49. The number of hydrogen-bond acceptors (Lipinski definition) is 6. The summed E-state index contributed by atoms with van der Waals surface area (Å²) in [5, 5.41) is 9.15. The van der Waals surface area contributed by atoms with Crippen LogP contribution in [-0.2, 0) is 4.79 Å². The molecule has 3 aromatic rings. The van der Waals surface area contributed by atoms with Gasteiger partial charge >= 0.3 is 0 Å². The second-order valence-corrected chi connectivity index (χ2v) is 8.17. The zero-order valence-corrected chi connectivity index (χ0v) is 17.6. The molecule has 1 unspecified atom stereocenters. The summed E-state index contributed by atoms with van der Waals surface area (Å²) in [5.41, 5.74) is 1.32. The van der Waals surface area contributed by atoms with Gasteiger partial charge < -0.3 is 5.32 Å². The first-order valence-corrected chi connectivity index (χ1v) is 10.9. The van der Waals surface area contributed by atoms with Crippen molar-refractivity contribution in [3.05, 3.63) is 70.5 Å². The molecule has 1 N–H and O–H groups in total. The minimum atomic E-state index is -0.908. The van der Waals surface area contributed by atoms with E-state index in [9.17, 15) is 9.59 Å². The van der Waals surface area contributed by atoms with Crippen LogP contribution in [0.25, 0.3) is 0 Å². The first-order chi connectivity index (χ1) is 14.6. The molecule has 7 nitrogen and oxygen atoms in total. The number of amides is 2. The molecule has 1 fully saturated rings. The van der Waals surface area contributed by atoms with E-state index in [1.165, 1.54) is 4.90 Å². The van der Waals surface area contributed by atoms with Crippen LogP contribution in [0, 0.1) is 0 Å². The zero-order chi connectivity index (χ0) is 20.9. The lowest BCUT2D eigenvalue weighted by molar-refractivity contribution is -0.123. The number of carbonyl (C=O) groups excluding carboxylic acids is 2. The fraction of sp³-hybridized carbons (Fsp3) is 0.286. The van der Waals surface area contributed by atoms with Gasteiger partial charge in [-0.2, -0.15) is 0 Å². The molecule has 2 heterocycles. The van der Waals surface area contributed by atoms with E-state index >= 15 is 0 Å². The number of nitrogens with one attached hydrogen (secondary N) is 1. The molecule has 1 aliphatic rings. The molecule has 0 radical (unpaired) electrons. The number of hydrogen-bond donors (Lipinski definition) is 1. The Labute approximate surface area is 183 Å². The minimum Gasteiger partial charge on any atom is -0.351 e. The summed E-state index contributed by atoms with van der Waals surface area (Å²) < 4.78 is 3.80.